The molecule has 5 N–H and O–H groups in total. The number of hydrogen-bond donors (Lipinski definition) is 3. The first-order valence-corrected chi connectivity index (χ1v) is 5.04. The molecule has 88 valence electrons. The number of primary amides is 1. The van der Waals surface area contributed by atoms with Crippen molar-refractivity contribution >= 4 is 5.91 Å². The molecule has 0 fully saturated rings. The lowest BCUT2D eigenvalue weighted by Crippen LogP contribution is -2.44. The number of rotatable bonds is 5. The van der Waals surface area contributed by atoms with Crippen LogP contribution in [0, 0.1) is 5.82 Å². The second-order valence-corrected chi connectivity index (χ2v) is 3.69. The maximum atomic E-state index is 12.7. The van der Waals surface area contributed by atoms with Crippen molar-refractivity contribution in [2.75, 3.05) is 6.54 Å². The Labute approximate surface area is 93.8 Å². The Morgan fingerprint density at radius 3 is 2.50 bits per heavy atom. The van der Waals surface area contributed by atoms with E-state index in [-0.39, 0.29) is 11.9 Å². The zero-order chi connectivity index (χ0) is 12.1. The number of carbonyl (C=O) groups is 1. The molecular formula is C11H16FN3O. The highest BCUT2D eigenvalue weighted by Gasteiger charge is 2.11. The van der Waals surface area contributed by atoms with Gasteiger partial charge in [0.2, 0.25) is 5.91 Å². The van der Waals surface area contributed by atoms with E-state index in [2.05, 4.69) is 5.32 Å². The fraction of sp³-hybridized carbons (Fsp3) is 0.364. The standard InChI is InChI=1S/C11H16FN3O/c1-7(15-6-10(13)11(14)16)8-2-4-9(12)5-3-8/h2-5,7,10,15H,6,13H2,1H3,(H2,14,16)/t7-,10?/m1/s1. The van der Waals surface area contributed by atoms with Crippen LogP contribution in [0.25, 0.3) is 0 Å². The summed E-state index contributed by atoms with van der Waals surface area (Å²) in [7, 11) is 0. The van der Waals surface area contributed by atoms with E-state index < -0.39 is 11.9 Å². The van der Waals surface area contributed by atoms with Gasteiger partial charge in [-0.25, -0.2) is 4.39 Å². The molecule has 1 unspecified atom stereocenters. The van der Waals surface area contributed by atoms with Gasteiger partial charge in [-0.2, -0.15) is 0 Å². The Bertz CT molecular complexity index is 353. The monoisotopic (exact) mass is 225 g/mol. The summed E-state index contributed by atoms with van der Waals surface area (Å²) >= 11 is 0. The fourth-order valence-corrected chi connectivity index (χ4v) is 1.27. The summed E-state index contributed by atoms with van der Waals surface area (Å²) in [6.45, 7) is 2.20. The smallest absolute Gasteiger partial charge is 0.235 e. The fourth-order valence-electron chi connectivity index (χ4n) is 1.27. The molecule has 1 aromatic rings. The van der Waals surface area contributed by atoms with E-state index in [0.717, 1.165) is 5.56 Å². The Hall–Kier alpha value is -1.46. The van der Waals surface area contributed by atoms with Gasteiger partial charge < -0.3 is 16.8 Å². The van der Waals surface area contributed by atoms with E-state index in [1.54, 1.807) is 12.1 Å². The maximum absolute atomic E-state index is 12.7. The lowest BCUT2D eigenvalue weighted by molar-refractivity contribution is -0.119. The van der Waals surface area contributed by atoms with Crippen LogP contribution in [-0.4, -0.2) is 18.5 Å². The topological polar surface area (TPSA) is 81.1 Å². The van der Waals surface area contributed by atoms with Gasteiger partial charge in [0, 0.05) is 12.6 Å². The van der Waals surface area contributed by atoms with Crippen LogP contribution >= 0.6 is 0 Å². The van der Waals surface area contributed by atoms with Crippen molar-refractivity contribution in [3.63, 3.8) is 0 Å². The molecule has 5 heteroatoms. The van der Waals surface area contributed by atoms with Gasteiger partial charge >= 0.3 is 0 Å². The van der Waals surface area contributed by atoms with Crippen molar-refractivity contribution in [2.45, 2.75) is 19.0 Å². The van der Waals surface area contributed by atoms with Gasteiger partial charge in [-0.05, 0) is 24.6 Å². The van der Waals surface area contributed by atoms with Crippen LogP contribution < -0.4 is 16.8 Å². The molecule has 0 saturated carbocycles. The summed E-state index contributed by atoms with van der Waals surface area (Å²) in [5.74, 6) is -0.816. The third-order valence-electron chi connectivity index (χ3n) is 2.38. The molecule has 0 heterocycles. The highest BCUT2D eigenvalue weighted by atomic mass is 19.1. The Balaban J connectivity index is 2.49. The van der Waals surface area contributed by atoms with Crippen LogP contribution in [0.4, 0.5) is 4.39 Å². The summed E-state index contributed by atoms with van der Waals surface area (Å²) in [5, 5.41) is 3.05. The van der Waals surface area contributed by atoms with E-state index in [1.165, 1.54) is 12.1 Å². The molecule has 1 amide bonds. The van der Waals surface area contributed by atoms with Crippen LogP contribution in [-0.2, 0) is 4.79 Å². The average Bonchev–Trinajstić information content (AvgIpc) is 2.26. The third kappa shape index (κ3) is 3.60. The van der Waals surface area contributed by atoms with Crippen molar-refractivity contribution in [2.24, 2.45) is 11.5 Å². The third-order valence-corrected chi connectivity index (χ3v) is 2.38. The van der Waals surface area contributed by atoms with Gasteiger partial charge in [-0.1, -0.05) is 12.1 Å². The number of nitrogens with two attached hydrogens (primary N) is 2. The Morgan fingerprint density at radius 1 is 1.44 bits per heavy atom. The van der Waals surface area contributed by atoms with Crippen LogP contribution in [0.1, 0.15) is 18.5 Å². The van der Waals surface area contributed by atoms with Gasteiger partial charge in [-0.3, -0.25) is 4.79 Å². The molecule has 1 aromatic carbocycles. The summed E-state index contributed by atoms with van der Waals surface area (Å²) in [6.07, 6.45) is 0. The van der Waals surface area contributed by atoms with Crippen LogP contribution in [0.2, 0.25) is 0 Å². The Kier molecular flexibility index (Phi) is 4.39. The SMILES string of the molecule is C[C@@H](NCC(N)C(N)=O)c1ccc(F)cc1. The summed E-state index contributed by atoms with van der Waals surface area (Å²) in [4.78, 5) is 10.7. The van der Waals surface area contributed by atoms with Gasteiger partial charge in [0.1, 0.15) is 5.82 Å². The molecule has 0 saturated heterocycles. The minimum absolute atomic E-state index is 0.00833. The second-order valence-electron chi connectivity index (χ2n) is 3.69. The summed E-state index contributed by atoms with van der Waals surface area (Å²) < 4.78 is 12.7. The van der Waals surface area contributed by atoms with Gasteiger partial charge in [-0.15, -0.1) is 0 Å². The minimum Gasteiger partial charge on any atom is -0.368 e. The largest absolute Gasteiger partial charge is 0.368 e. The molecule has 4 nitrogen and oxygen atoms in total. The van der Waals surface area contributed by atoms with E-state index in [0.29, 0.717) is 6.54 Å². The average molecular weight is 225 g/mol. The molecule has 1 rings (SSSR count). The van der Waals surface area contributed by atoms with Crippen LogP contribution in [0.5, 0.6) is 0 Å². The van der Waals surface area contributed by atoms with Crippen LogP contribution in [0.15, 0.2) is 24.3 Å². The number of hydrogen-bond acceptors (Lipinski definition) is 3. The number of nitrogens with one attached hydrogen (secondary N) is 1. The number of benzene rings is 1. The van der Waals surface area contributed by atoms with E-state index in [4.69, 9.17) is 11.5 Å². The predicted octanol–water partition coefficient (Wildman–Crippen LogP) is 0.289. The predicted molar refractivity (Wildman–Crippen MR) is 60.0 cm³/mol. The number of carbonyl (C=O) groups excluding carboxylic acids is 1. The molecule has 0 aliphatic rings. The van der Waals surface area contributed by atoms with Gasteiger partial charge in [0.25, 0.3) is 0 Å². The summed E-state index contributed by atoms with van der Waals surface area (Å²) in [6, 6.07) is 5.43. The second kappa shape index (κ2) is 5.58. The number of amides is 1. The maximum Gasteiger partial charge on any atom is 0.235 e. The highest BCUT2D eigenvalue weighted by Crippen LogP contribution is 2.12. The Morgan fingerprint density at radius 2 is 2.00 bits per heavy atom. The first kappa shape index (κ1) is 12.6. The van der Waals surface area contributed by atoms with E-state index >= 15 is 0 Å². The molecular weight excluding hydrogens is 209 g/mol. The molecule has 0 aliphatic heterocycles. The normalized spacial score (nSPS) is 14.4. The highest BCUT2D eigenvalue weighted by molar-refractivity contribution is 5.79. The molecule has 0 aromatic heterocycles. The first-order chi connectivity index (χ1) is 7.50. The number of halogens is 1. The first-order valence-electron chi connectivity index (χ1n) is 5.04. The lowest BCUT2D eigenvalue weighted by atomic mass is 10.1. The van der Waals surface area contributed by atoms with E-state index in [9.17, 15) is 9.18 Å². The van der Waals surface area contributed by atoms with Gasteiger partial charge in [0.05, 0.1) is 6.04 Å². The molecule has 0 aliphatic carbocycles. The van der Waals surface area contributed by atoms with Crippen molar-refractivity contribution in [1.82, 2.24) is 5.32 Å². The lowest BCUT2D eigenvalue weighted by Gasteiger charge is -2.16. The van der Waals surface area contributed by atoms with Gasteiger partial charge in [0.15, 0.2) is 0 Å². The van der Waals surface area contributed by atoms with Crippen molar-refractivity contribution in [3.8, 4) is 0 Å². The molecule has 0 bridgehead atoms. The molecule has 16 heavy (non-hydrogen) atoms. The van der Waals surface area contributed by atoms with E-state index in [1.807, 2.05) is 6.92 Å². The van der Waals surface area contributed by atoms with Crippen molar-refractivity contribution in [1.29, 1.82) is 0 Å². The van der Waals surface area contributed by atoms with Crippen molar-refractivity contribution in [3.05, 3.63) is 35.6 Å². The molecule has 0 radical (unpaired) electrons. The zero-order valence-electron chi connectivity index (χ0n) is 9.11. The minimum atomic E-state index is -0.706. The van der Waals surface area contributed by atoms with Crippen LogP contribution in [0.3, 0.4) is 0 Å². The molecule has 0 spiro atoms. The summed E-state index contributed by atoms with van der Waals surface area (Å²) in [5.41, 5.74) is 11.4. The van der Waals surface area contributed by atoms with Crippen molar-refractivity contribution < 1.29 is 9.18 Å². The molecule has 2 atom stereocenters. The quantitative estimate of drug-likeness (QED) is 0.673. The zero-order valence-corrected chi connectivity index (χ0v) is 9.11.